The van der Waals surface area contributed by atoms with Crippen molar-refractivity contribution >= 4 is 23.0 Å². The molecule has 0 bridgehead atoms. The maximum Gasteiger partial charge on any atom is 0.182 e. The molecule has 3 N–H and O–H groups in total. The van der Waals surface area contributed by atoms with Gasteiger partial charge in [0, 0.05) is 13.1 Å². The summed E-state index contributed by atoms with van der Waals surface area (Å²) in [4.78, 5) is 15.2. The Bertz CT molecular complexity index is 579. The Labute approximate surface area is 97.8 Å². The molecule has 88 valence electrons. The van der Waals surface area contributed by atoms with Crippen molar-refractivity contribution < 1.29 is 9.90 Å². The fraction of sp³-hybridized carbons (Fsp3) is 0.182. The SMILES string of the molecule is Cc1nn(C)c(N)c1/N=C1\C=CC(=O)C=C1O. The smallest absolute Gasteiger partial charge is 0.182 e. The van der Waals surface area contributed by atoms with Gasteiger partial charge in [0.25, 0.3) is 0 Å². The number of aliphatic hydroxyl groups is 1. The highest BCUT2D eigenvalue weighted by atomic mass is 16.3. The Morgan fingerprint density at radius 1 is 1.47 bits per heavy atom. The number of ketones is 1. The van der Waals surface area contributed by atoms with Gasteiger partial charge < -0.3 is 10.8 Å². The summed E-state index contributed by atoms with van der Waals surface area (Å²) in [6, 6.07) is 0. The zero-order chi connectivity index (χ0) is 12.6. The summed E-state index contributed by atoms with van der Waals surface area (Å²) in [6.07, 6.45) is 3.89. The van der Waals surface area contributed by atoms with Gasteiger partial charge in [-0.25, -0.2) is 4.99 Å². The van der Waals surface area contributed by atoms with Gasteiger partial charge in [0.2, 0.25) is 0 Å². The van der Waals surface area contributed by atoms with Crippen LogP contribution in [0.15, 0.2) is 29.0 Å². The molecular formula is C11H12N4O2. The van der Waals surface area contributed by atoms with Gasteiger partial charge in [0.15, 0.2) is 5.78 Å². The van der Waals surface area contributed by atoms with Crippen molar-refractivity contribution in [3.63, 3.8) is 0 Å². The molecule has 1 aliphatic rings. The van der Waals surface area contributed by atoms with E-state index in [0.29, 0.717) is 22.9 Å². The first-order chi connectivity index (χ1) is 7.99. The summed E-state index contributed by atoms with van der Waals surface area (Å²) in [5.41, 5.74) is 7.26. The lowest BCUT2D eigenvalue weighted by Crippen LogP contribution is -2.07. The van der Waals surface area contributed by atoms with Gasteiger partial charge in [-0.2, -0.15) is 5.10 Å². The first-order valence-electron chi connectivity index (χ1n) is 5.00. The molecule has 1 aromatic heterocycles. The van der Waals surface area contributed by atoms with E-state index < -0.39 is 0 Å². The molecular weight excluding hydrogens is 220 g/mol. The highest BCUT2D eigenvalue weighted by Gasteiger charge is 2.14. The van der Waals surface area contributed by atoms with Crippen molar-refractivity contribution in [1.82, 2.24) is 9.78 Å². The van der Waals surface area contributed by atoms with Crippen LogP contribution in [0.2, 0.25) is 0 Å². The Morgan fingerprint density at radius 3 is 2.71 bits per heavy atom. The topological polar surface area (TPSA) is 93.5 Å². The molecule has 17 heavy (non-hydrogen) atoms. The first kappa shape index (κ1) is 11.1. The van der Waals surface area contributed by atoms with Crippen LogP contribution >= 0.6 is 0 Å². The highest BCUT2D eigenvalue weighted by Crippen LogP contribution is 2.26. The van der Waals surface area contributed by atoms with Crippen molar-refractivity contribution in [2.45, 2.75) is 6.92 Å². The second kappa shape index (κ2) is 3.89. The van der Waals surface area contributed by atoms with Gasteiger partial charge in [-0.1, -0.05) is 0 Å². The predicted octanol–water partition coefficient (Wildman–Crippen LogP) is 0.964. The standard InChI is InChI=1S/C11H12N4O2/c1-6-10(11(12)15(2)14-6)13-8-4-3-7(16)5-9(8)17/h3-5,17H,12H2,1-2H3/b13-8+. The maximum atomic E-state index is 11.0. The van der Waals surface area contributed by atoms with E-state index in [9.17, 15) is 9.90 Å². The normalized spacial score (nSPS) is 17.6. The van der Waals surface area contributed by atoms with Gasteiger partial charge in [0.1, 0.15) is 23.0 Å². The van der Waals surface area contributed by atoms with Gasteiger partial charge in [-0.3, -0.25) is 9.48 Å². The third kappa shape index (κ3) is 1.96. The van der Waals surface area contributed by atoms with Crippen molar-refractivity contribution in [2.24, 2.45) is 12.0 Å². The molecule has 1 heterocycles. The number of aliphatic imine (C=N–C) groups is 1. The summed E-state index contributed by atoms with van der Waals surface area (Å²) in [6.45, 7) is 1.77. The largest absolute Gasteiger partial charge is 0.506 e. The van der Waals surface area contributed by atoms with Crippen LogP contribution in [0, 0.1) is 6.92 Å². The van der Waals surface area contributed by atoms with Gasteiger partial charge in [-0.05, 0) is 19.1 Å². The van der Waals surface area contributed by atoms with Crippen LogP contribution in [-0.4, -0.2) is 26.4 Å². The van der Waals surface area contributed by atoms with Crippen LogP contribution < -0.4 is 5.73 Å². The molecule has 0 aliphatic heterocycles. The molecule has 0 saturated heterocycles. The number of nitrogens with two attached hydrogens (primary N) is 1. The van der Waals surface area contributed by atoms with E-state index in [1.807, 2.05) is 0 Å². The average molecular weight is 232 g/mol. The quantitative estimate of drug-likeness (QED) is 0.705. The molecule has 0 saturated carbocycles. The van der Waals surface area contributed by atoms with E-state index in [4.69, 9.17) is 5.73 Å². The van der Waals surface area contributed by atoms with Crippen LogP contribution in [0.3, 0.4) is 0 Å². The number of aromatic nitrogens is 2. The number of carbonyl (C=O) groups excluding carboxylic acids is 1. The molecule has 0 aromatic carbocycles. The molecule has 0 amide bonds. The summed E-state index contributed by atoms with van der Waals surface area (Å²) < 4.78 is 1.51. The molecule has 0 radical (unpaired) electrons. The summed E-state index contributed by atoms with van der Waals surface area (Å²) in [7, 11) is 1.71. The minimum atomic E-state index is -0.266. The molecule has 0 fully saturated rings. The predicted molar refractivity (Wildman–Crippen MR) is 64.3 cm³/mol. The summed E-state index contributed by atoms with van der Waals surface area (Å²) in [5.74, 6) is -0.0226. The van der Waals surface area contributed by atoms with Crippen molar-refractivity contribution in [1.29, 1.82) is 0 Å². The number of rotatable bonds is 1. The lowest BCUT2D eigenvalue weighted by Gasteiger charge is -2.04. The van der Waals surface area contributed by atoms with E-state index in [0.717, 1.165) is 6.08 Å². The Morgan fingerprint density at radius 2 is 2.18 bits per heavy atom. The van der Waals surface area contributed by atoms with Crippen LogP contribution in [0.5, 0.6) is 0 Å². The highest BCUT2D eigenvalue weighted by molar-refractivity contribution is 6.19. The molecule has 6 heteroatoms. The number of hydrogen-bond acceptors (Lipinski definition) is 5. The lowest BCUT2D eigenvalue weighted by atomic mass is 10.1. The second-order valence-electron chi connectivity index (χ2n) is 3.71. The molecule has 0 spiro atoms. The Balaban J connectivity index is 2.47. The van der Waals surface area contributed by atoms with E-state index in [1.165, 1.54) is 16.8 Å². The Hall–Kier alpha value is -2.37. The van der Waals surface area contributed by atoms with Crippen molar-refractivity contribution in [2.75, 3.05) is 5.73 Å². The van der Waals surface area contributed by atoms with E-state index in [-0.39, 0.29) is 11.5 Å². The minimum absolute atomic E-state index is 0.167. The molecule has 6 nitrogen and oxygen atoms in total. The monoisotopic (exact) mass is 232 g/mol. The summed E-state index contributed by atoms with van der Waals surface area (Å²) in [5, 5.41) is 13.7. The maximum absolute atomic E-state index is 11.0. The van der Waals surface area contributed by atoms with Gasteiger partial charge >= 0.3 is 0 Å². The number of allylic oxidation sites excluding steroid dienone is 3. The number of aliphatic hydroxyl groups excluding tert-OH is 1. The first-order valence-corrected chi connectivity index (χ1v) is 5.00. The molecule has 1 aliphatic carbocycles. The minimum Gasteiger partial charge on any atom is -0.506 e. The number of nitrogens with zero attached hydrogens (tertiary/aromatic N) is 3. The van der Waals surface area contributed by atoms with Gasteiger partial charge in [-0.15, -0.1) is 0 Å². The lowest BCUT2D eigenvalue weighted by molar-refractivity contribution is -0.110. The van der Waals surface area contributed by atoms with E-state index in [2.05, 4.69) is 10.1 Å². The number of carbonyl (C=O) groups is 1. The fourth-order valence-corrected chi connectivity index (χ4v) is 1.52. The summed E-state index contributed by atoms with van der Waals surface area (Å²) >= 11 is 0. The number of nitrogen functional groups attached to an aromatic ring is 1. The fourth-order valence-electron chi connectivity index (χ4n) is 1.52. The third-order valence-corrected chi connectivity index (χ3v) is 2.41. The average Bonchev–Trinajstić information content (AvgIpc) is 2.48. The van der Waals surface area contributed by atoms with Crippen LogP contribution in [0.25, 0.3) is 0 Å². The van der Waals surface area contributed by atoms with E-state index in [1.54, 1.807) is 14.0 Å². The number of hydrogen-bond donors (Lipinski definition) is 2. The van der Waals surface area contributed by atoms with Crippen LogP contribution in [-0.2, 0) is 11.8 Å². The zero-order valence-electron chi connectivity index (χ0n) is 9.51. The van der Waals surface area contributed by atoms with Gasteiger partial charge in [0.05, 0.1) is 5.69 Å². The van der Waals surface area contributed by atoms with Crippen LogP contribution in [0.1, 0.15) is 5.69 Å². The van der Waals surface area contributed by atoms with Crippen LogP contribution in [0.4, 0.5) is 11.5 Å². The number of anilines is 1. The van der Waals surface area contributed by atoms with Crippen molar-refractivity contribution in [3.8, 4) is 0 Å². The third-order valence-electron chi connectivity index (χ3n) is 2.41. The second-order valence-corrected chi connectivity index (χ2v) is 3.71. The zero-order valence-corrected chi connectivity index (χ0v) is 9.51. The van der Waals surface area contributed by atoms with E-state index >= 15 is 0 Å². The molecule has 1 aromatic rings. The van der Waals surface area contributed by atoms with Crippen molar-refractivity contribution in [3.05, 3.63) is 29.7 Å². The number of aryl methyl sites for hydroxylation is 2. The molecule has 2 rings (SSSR count). The molecule has 0 unspecified atom stereocenters. The Kier molecular flexibility index (Phi) is 2.55. The molecule has 0 atom stereocenters.